The molecule has 0 radical (unpaired) electrons. The number of thioether (sulfide) groups is 1. The van der Waals surface area contributed by atoms with Gasteiger partial charge in [-0.1, -0.05) is 18.2 Å². The third kappa shape index (κ3) is 3.47. The summed E-state index contributed by atoms with van der Waals surface area (Å²) < 4.78 is 25.0. The van der Waals surface area contributed by atoms with E-state index < -0.39 is 10.0 Å². The van der Waals surface area contributed by atoms with Gasteiger partial charge in [0.05, 0.1) is 5.75 Å². The Kier molecular flexibility index (Phi) is 4.66. The van der Waals surface area contributed by atoms with Crippen molar-refractivity contribution in [3.05, 3.63) is 29.8 Å². The van der Waals surface area contributed by atoms with Crippen molar-refractivity contribution >= 4 is 21.8 Å². The first-order valence-corrected chi connectivity index (χ1v) is 8.62. The minimum Gasteiger partial charge on any atom is -0.309 e. The Morgan fingerprint density at radius 2 is 2.17 bits per heavy atom. The van der Waals surface area contributed by atoms with Crippen molar-refractivity contribution in [2.75, 3.05) is 25.1 Å². The first-order valence-electron chi connectivity index (χ1n) is 5.99. The SMILES string of the molecule is CNS(=O)(=O)CCNC1CCSc2ccccc21. The van der Waals surface area contributed by atoms with E-state index in [-0.39, 0.29) is 11.8 Å². The predicted octanol–water partition coefficient (Wildman–Crippen LogP) is 1.36. The van der Waals surface area contributed by atoms with Crippen molar-refractivity contribution in [3.8, 4) is 0 Å². The Morgan fingerprint density at radius 3 is 2.94 bits per heavy atom. The zero-order valence-corrected chi connectivity index (χ0v) is 12.0. The number of nitrogens with one attached hydrogen (secondary N) is 2. The topological polar surface area (TPSA) is 58.2 Å². The van der Waals surface area contributed by atoms with Crippen molar-refractivity contribution < 1.29 is 8.42 Å². The minimum absolute atomic E-state index is 0.120. The Balaban J connectivity index is 1.96. The second-order valence-electron chi connectivity index (χ2n) is 4.20. The van der Waals surface area contributed by atoms with Gasteiger partial charge in [0.2, 0.25) is 10.0 Å². The van der Waals surface area contributed by atoms with Crippen LogP contribution < -0.4 is 10.0 Å². The maximum atomic E-state index is 11.3. The fraction of sp³-hybridized carbons (Fsp3) is 0.500. The van der Waals surface area contributed by atoms with Crippen LogP contribution >= 0.6 is 11.8 Å². The molecule has 2 N–H and O–H groups in total. The molecule has 100 valence electrons. The largest absolute Gasteiger partial charge is 0.309 e. The predicted molar refractivity (Wildman–Crippen MR) is 75.4 cm³/mol. The Labute approximate surface area is 113 Å². The molecule has 6 heteroatoms. The van der Waals surface area contributed by atoms with Crippen molar-refractivity contribution in [3.63, 3.8) is 0 Å². The van der Waals surface area contributed by atoms with Crippen molar-refractivity contribution in [2.24, 2.45) is 0 Å². The molecule has 2 rings (SSSR count). The molecule has 1 atom stereocenters. The highest BCUT2D eigenvalue weighted by atomic mass is 32.2. The lowest BCUT2D eigenvalue weighted by molar-refractivity contribution is 0.521. The van der Waals surface area contributed by atoms with Gasteiger partial charge < -0.3 is 5.32 Å². The van der Waals surface area contributed by atoms with Crippen LogP contribution in [-0.4, -0.2) is 33.5 Å². The summed E-state index contributed by atoms with van der Waals surface area (Å²) in [6.45, 7) is 0.479. The van der Waals surface area contributed by atoms with Crippen LogP contribution in [0, 0.1) is 0 Å². The van der Waals surface area contributed by atoms with Crippen LogP contribution in [0.3, 0.4) is 0 Å². The molecule has 1 heterocycles. The van der Waals surface area contributed by atoms with E-state index in [2.05, 4.69) is 22.2 Å². The molecule has 0 aromatic heterocycles. The minimum atomic E-state index is -3.12. The maximum absolute atomic E-state index is 11.3. The zero-order chi connectivity index (χ0) is 13.0. The van der Waals surface area contributed by atoms with E-state index in [1.807, 2.05) is 23.9 Å². The molecule has 0 saturated heterocycles. The summed E-state index contributed by atoms with van der Waals surface area (Å²) in [5.41, 5.74) is 1.29. The Hall–Kier alpha value is -0.560. The molecular weight excluding hydrogens is 268 g/mol. The van der Waals surface area contributed by atoms with Crippen LogP contribution in [0.2, 0.25) is 0 Å². The molecule has 18 heavy (non-hydrogen) atoms. The van der Waals surface area contributed by atoms with Crippen LogP contribution in [0.25, 0.3) is 0 Å². The number of hydrogen-bond donors (Lipinski definition) is 2. The number of rotatable bonds is 5. The smallest absolute Gasteiger partial charge is 0.212 e. The molecule has 0 bridgehead atoms. The molecule has 0 amide bonds. The molecule has 1 aliphatic rings. The van der Waals surface area contributed by atoms with Crippen LogP contribution in [0.5, 0.6) is 0 Å². The number of benzene rings is 1. The molecule has 0 aliphatic carbocycles. The summed E-state index contributed by atoms with van der Waals surface area (Å²) in [7, 11) is -1.67. The van der Waals surface area contributed by atoms with Crippen LogP contribution in [0.4, 0.5) is 0 Å². The fourth-order valence-corrected chi connectivity index (χ4v) is 3.74. The highest BCUT2D eigenvalue weighted by Gasteiger charge is 2.20. The van der Waals surface area contributed by atoms with Crippen LogP contribution in [-0.2, 0) is 10.0 Å². The summed E-state index contributed by atoms with van der Waals surface area (Å²) in [5, 5.41) is 3.34. The first kappa shape index (κ1) is 13.9. The molecule has 0 saturated carbocycles. The summed E-state index contributed by atoms with van der Waals surface area (Å²) in [5.74, 6) is 1.20. The lowest BCUT2D eigenvalue weighted by Gasteiger charge is -2.25. The molecule has 1 aromatic rings. The third-order valence-corrected chi connectivity index (χ3v) is 5.52. The lowest BCUT2D eigenvalue weighted by atomic mass is 10.0. The lowest BCUT2D eigenvalue weighted by Crippen LogP contribution is -2.32. The van der Waals surface area contributed by atoms with Gasteiger partial charge in [0.15, 0.2) is 0 Å². The third-order valence-electron chi connectivity index (χ3n) is 3.03. The number of sulfonamides is 1. The van der Waals surface area contributed by atoms with E-state index in [0.717, 1.165) is 12.2 Å². The van der Waals surface area contributed by atoms with Gasteiger partial charge in [-0.15, -0.1) is 11.8 Å². The second kappa shape index (κ2) is 6.06. The highest BCUT2D eigenvalue weighted by Crippen LogP contribution is 2.35. The standard InChI is InChI=1S/C12H18N2O2S2/c1-13-18(15,16)9-7-14-11-6-8-17-12-5-3-2-4-10(11)12/h2-5,11,13-14H,6-9H2,1H3. The van der Waals surface area contributed by atoms with Gasteiger partial charge in [0.25, 0.3) is 0 Å². The molecule has 4 nitrogen and oxygen atoms in total. The van der Waals surface area contributed by atoms with Gasteiger partial charge in [-0.3, -0.25) is 0 Å². The van der Waals surface area contributed by atoms with Crippen molar-refractivity contribution in [1.82, 2.24) is 10.0 Å². The van der Waals surface area contributed by atoms with Crippen molar-refractivity contribution in [2.45, 2.75) is 17.4 Å². The van der Waals surface area contributed by atoms with E-state index in [1.165, 1.54) is 17.5 Å². The van der Waals surface area contributed by atoms with Gasteiger partial charge in [-0.05, 0) is 30.9 Å². The van der Waals surface area contributed by atoms with E-state index in [9.17, 15) is 8.42 Å². The van der Waals surface area contributed by atoms with Gasteiger partial charge >= 0.3 is 0 Å². The Bertz CT molecular complexity index is 503. The Morgan fingerprint density at radius 1 is 1.39 bits per heavy atom. The highest BCUT2D eigenvalue weighted by molar-refractivity contribution is 7.99. The molecule has 1 aliphatic heterocycles. The molecule has 1 aromatic carbocycles. The van der Waals surface area contributed by atoms with Gasteiger partial charge in [-0.2, -0.15) is 0 Å². The van der Waals surface area contributed by atoms with E-state index in [4.69, 9.17) is 0 Å². The molecular formula is C12H18N2O2S2. The fourth-order valence-electron chi connectivity index (χ4n) is 2.02. The summed E-state index contributed by atoms with van der Waals surface area (Å²) in [6, 6.07) is 8.59. The van der Waals surface area contributed by atoms with Gasteiger partial charge in [0.1, 0.15) is 0 Å². The monoisotopic (exact) mass is 286 g/mol. The summed E-state index contributed by atoms with van der Waals surface area (Å²) in [4.78, 5) is 1.30. The number of fused-ring (bicyclic) bond motifs is 1. The second-order valence-corrected chi connectivity index (χ2v) is 7.39. The summed E-state index contributed by atoms with van der Waals surface area (Å²) >= 11 is 1.87. The van der Waals surface area contributed by atoms with Crippen LogP contribution in [0.15, 0.2) is 29.2 Å². The van der Waals surface area contributed by atoms with Gasteiger partial charge in [-0.25, -0.2) is 13.1 Å². The average Bonchev–Trinajstić information content (AvgIpc) is 2.39. The average molecular weight is 286 g/mol. The van der Waals surface area contributed by atoms with Crippen LogP contribution in [0.1, 0.15) is 18.0 Å². The number of hydrogen-bond acceptors (Lipinski definition) is 4. The molecule has 1 unspecified atom stereocenters. The van der Waals surface area contributed by atoms with E-state index in [0.29, 0.717) is 6.54 Å². The van der Waals surface area contributed by atoms with E-state index in [1.54, 1.807) is 0 Å². The van der Waals surface area contributed by atoms with E-state index >= 15 is 0 Å². The maximum Gasteiger partial charge on any atom is 0.212 e. The van der Waals surface area contributed by atoms with Gasteiger partial charge in [0, 0.05) is 17.5 Å². The molecule has 0 fully saturated rings. The quantitative estimate of drug-likeness (QED) is 0.858. The molecule has 0 spiro atoms. The normalized spacial score (nSPS) is 19.5. The summed E-state index contributed by atoms with van der Waals surface area (Å²) in [6.07, 6.45) is 1.04. The van der Waals surface area contributed by atoms with Crippen molar-refractivity contribution in [1.29, 1.82) is 0 Å². The first-order chi connectivity index (χ1) is 8.62. The zero-order valence-electron chi connectivity index (χ0n) is 10.3.